The first kappa shape index (κ1) is 20.5. The third-order valence-corrected chi connectivity index (χ3v) is 3.75. The molecular formula is C18H27BrN2O3. The zero-order chi connectivity index (χ0) is 18.3. The maximum absolute atomic E-state index is 11.9. The molecule has 134 valence electrons. The van der Waals surface area contributed by atoms with Crippen LogP contribution >= 0.6 is 15.9 Å². The number of amides is 2. The molecule has 0 radical (unpaired) electrons. The van der Waals surface area contributed by atoms with Crippen molar-refractivity contribution in [3.05, 3.63) is 28.2 Å². The predicted octanol–water partition coefficient (Wildman–Crippen LogP) is 4.64. The van der Waals surface area contributed by atoms with Crippen LogP contribution in [-0.4, -0.2) is 23.6 Å². The molecule has 2 amide bonds. The number of nitrogens with one attached hydrogen (secondary N) is 2. The summed E-state index contributed by atoms with van der Waals surface area (Å²) in [5, 5.41) is 5.37. The van der Waals surface area contributed by atoms with Crippen molar-refractivity contribution in [2.45, 2.75) is 65.5 Å². The van der Waals surface area contributed by atoms with E-state index in [2.05, 4.69) is 40.4 Å². The van der Waals surface area contributed by atoms with E-state index >= 15 is 0 Å². The summed E-state index contributed by atoms with van der Waals surface area (Å²) in [6.07, 6.45) is 2.50. The molecule has 0 spiro atoms. The van der Waals surface area contributed by atoms with E-state index in [0.717, 1.165) is 15.7 Å². The highest BCUT2D eigenvalue weighted by Crippen LogP contribution is 2.26. The summed E-state index contributed by atoms with van der Waals surface area (Å²) in [4.78, 5) is 23.7. The Labute approximate surface area is 152 Å². The lowest BCUT2D eigenvalue weighted by molar-refractivity contribution is -0.118. The molecule has 1 unspecified atom stereocenters. The maximum Gasteiger partial charge on any atom is 0.408 e. The van der Waals surface area contributed by atoms with Crippen LogP contribution in [0.4, 0.5) is 10.5 Å². The zero-order valence-electron chi connectivity index (χ0n) is 15.0. The van der Waals surface area contributed by atoms with Crippen LogP contribution in [0.5, 0.6) is 0 Å². The lowest BCUT2D eigenvalue weighted by atomic mass is 9.99. The molecule has 1 heterocycles. The van der Waals surface area contributed by atoms with Gasteiger partial charge in [0.15, 0.2) is 0 Å². The van der Waals surface area contributed by atoms with Crippen LogP contribution in [0.15, 0.2) is 22.7 Å². The summed E-state index contributed by atoms with van der Waals surface area (Å²) in [5.74, 6) is -0.231. The molecule has 0 aromatic heterocycles. The van der Waals surface area contributed by atoms with Crippen LogP contribution in [0.2, 0.25) is 0 Å². The highest BCUT2D eigenvalue weighted by atomic mass is 79.9. The molecule has 1 aliphatic heterocycles. The summed E-state index contributed by atoms with van der Waals surface area (Å²) >= 11 is 3.39. The van der Waals surface area contributed by atoms with Crippen molar-refractivity contribution in [3.63, 3.8) is 0 Å². The first-order chi connectivity index (χ1) is 11.2. The molecule has 0 saturated heterocycles. The van der Waals surface area contributed by atoms with Crippen LogP contribution in [0, 0.1) is 0 Å². The lowest BCUT2D eigenvalue weighted by Gasteiger charge is -2.27. The van der Waals surface area contributed by atoms with Gasteiger partial charge < -0.3 is 15.4 Å². The normalized spacial score (nSPS) is 16.2. The molecule has 1 atom stereocenters. The smallest absolute Gasteiger partial charge is 0.408 e. The summed E-state index contributed by atoms with van der Waals surface area (Å²) in [6.45, 7) is 9.69. The molecule has 0 saturated carbocycles. The largest absolute Gasteiger partial charge is 0.444 e. The molecule has 2 rings (SSSR count). The molecule has 0 bridgehead atoms. The van der Waals surface area contributed by atoms with E-state index in [1.165, 1.54) is 12.8 Å². The van der Waals surface area contributed by atoms with Crippen LogP contribution in [0.1, 0.15) is 53.0 Å². The SMILES string of the molecule is CC(C)(C)OC(=O)NC1Cc2cc(Br)ccc2NC1=O.CCCC. The number of carbonyl (C=O) groups is 2. The molecule has 0 aliphatic carbocycles. The van der Waals surface area contributed by atoms with Gasteiger partial charge in [-0.05, 0) is 44.5 Å². The average molecular weight is 399 g/mol. The van der Waals surface area contributed by atoms with Crippen molar-refractivity contribution in [2.75, 3.05) is 5.32 Å². The second kappa shape index (κ2) is 9.06. The number of unbranched alkanes of at least 4 members (excludes halogenated alkanes) is 1. The topological polar surface area (TPSA) is 67.4 Å². The van der Waals surface area contributed by atoms with Crippen LogP contribution in [0.3, 0.4) is 0 Å². The number of halogens is 1. The zero-order valence-corrected chi connectivity index (χ0v) is 16.6. The summed E-state index contributed by atoms with van der Waals surface area (Å²) in [5.41, 5.74) is 1.16. The van der Waals surface area contributed by atoms with Gasteiger partial charge in [-0.3, -0.25) is 4.79 Å². The van der Waals surface area contributed by atoms with Crippen molar-refractivity contribution in [1.82, 2.24) is 5.32 Å². The molecule has 2 N–H and O–H groups in total. The predicted molar refractivity (Wildman–Crippen MR) is 100 cm³/mol. The average Bonchev–Trinajstić information content (AvgIpc) is 2.47. The van der Waals surface area contributed by atoms with Gasteiger partial charge >= 0.3 is 6.09 Å². The molecule has 1 aromatic carbocycles. The van der Waals surface area contributed by atoms with E-state index in [-0.39, 0.29) is 5.91 Å². The number of hydrogen-bond acceptors (Lipinski definition) is 3. The minimum atomic E-state index is -0.619. The quantitative estimate of drug-likeness (QED) is 0.761. The van der Waals surface area contributed by atoms with Crippen molar-refractivity contribution < 1.29 is 14.3 Å². The first-order valence-corrected chi connectivity index (χ1v) is 9.04. The van der Waals surface area contributed by atoms with E-state index < -0.39 is 17.7 Å². The fraction of sp³-hybridized carbons (Fsp3) is 0.556. The molecule has 0 fully saturated rings. The molecule has 6 heteroatoms. The Kier molecular flexibility index (Phi) is 7.73. The van der Waals surface area contributed by atoms with Gasteiger partial charge in [0.25, 0.3) is 0 Å². The van der Waals surface area contributed by atoms with Crippen molar-refractivity contribution in [2.24, 2.45) is 0 Å². The highest BCUT2D eigenvalue weighted by molar-refractivity contribution is 9.10. The van der Waals surface area contributed by atoms with E-state index in [9.17, 15) is 9.59 Å². The van der Waals surface area contributed by atoms with Gasteiger partial charge in [-0.2, -0.15) is 0 Å². The Bertz CT molecular complexity index is 580. The number of carbonyl (C=O) groups excluding carboxylic acids is 2. The summed E-state index contributed by atoms with van der Waals surface area (Å²) in [6, 6.07) is 5.01. The Morgan fingerprint density at radius 1 is 1.33 bits per heavy atom. The molecule has 5 nitrogen and oxygen atoms in total. The van der Waals surface area contributed by atoms with E-state index in [1.54, 1.807) is 20.8 Å². The third kappa shape index (κ3) is 6.91. The minimum Gasteiger partial charge on any atom is -0.444 e. The second-order valence-electron chi connectivity index (χ2n) is 6.69. The van der Waals surface area contributed by atoms with E-state index in [4.69, 9.17) is 4.74 Å². The van der Waals surface area contributed by atoms with E-state index in [0.29, 0.717) is 6.42 Å². The van der Waals surface area contributed by atoms with Crippen LogP contribution < -0.4 is 10.6 Å². The van der Waals surface area contributed by atoms with Gasteiger partial charge in [-0.1, -0.05) is 42.6 Å². The number of anilines is 1. The second-order valence-corrected chi connectivity index (χ2v) is 7.61. The number of fused-ring (bicyclic) bond motifs is 1. The molecule has 24 heavy (non-hydrogen) atoms. The number of ether oxygens (including phenoxy) is 1. The fourth-order valence-corrected chi connectivity index (χ4v) is 2.36. The van der Waals surface area contributed by atoms with Gasteiger partial charge in [0.2, 0.25) is 5.91 Å². The summed E-state index contributed by atoms with van der Waals surface area (Å²) < 4.78 is 6.09. The third-order valence-electron chi connectivity index (χ3n) is 3.26. The Balaban J connectivity index is 0.000000648. The number of benzene rings is 1. The minimum absolute atomic E-state index is 0.231. The van der Waals surface area contributed by atoms with Crippen molar-refractivity contribution >= 4 is 33.6 Å². The monoisotopic (exact) mass is 398 g/mol. The fourth-order valence-electron chi connectivity index (χ4n) is 1.95. The molecular weight excluding hydrogens is 372 g/mol. The lowest BCUT2D eigenvalue weighted by Crippen LogP contribution is -2.49. The molecule has 1 aromatic rings. The van der Waals surface area contributed by atoms with Gasteiger partial charge in [0.05, 0.1) is 0 Å². The Hall–Kier alpha value is -1.56. The highest BCUT2D eigenvalue weighted by Gasteiger charge is 2.29. The number of alkyl carbamates (subject to hydrolysis) is 1. The van der Waals surface area contributed by atoms with Crippen molar-refractivity contribution in [1.29, 1.82) is 0 Å². The Morgan fingerprint density at radius 2 is 1.96 bits per heavy atom. The summed E-state index contributed by atoms with van der Waals surface area (Å²) in [7, 11) is 0. The maximum atomic E-state index is 11.9. The first-order valence-electron chi connectivity index (χ1n) is 8.25. The van der Waals surface area contributed by atoms with Gasteiger partial charge in [-0.15, -0.1) is 0 Å². The number of hydrogen-bond donors (Lipinski definition) is 2. The van der Waals surface area contributed by atoms with Crippen molar-refractivity contribution in [3.8, 4) is 0 Å². The van der Waals surface area contributed by atoms with Gasteiger partial charge in [0.1, 0.15) is 11.6 Å². The van der Waals surface area contributed by atoms with Gasteiger partial charge in [0, 0.05) is 16.6 Å². The van der Waals surface area contributed by atoms with Crippen LogP contribution in [0.25, 0.3) is 0 Å². The Morgan fingerprint density at radius 3 is 2.50 bits per heavy atom. The standard InChI is InChI=1S/C14H17BrN2O3.C4H10/c1-14(2,3)20-13(19)17-11-7-8-6-9(15)4-5-10(8)16-12(11)18;1-3-4-2/h4-6,11H,7H2,1-3H3,(H,16,18)(H,17,19);3-4H2,1-2H3. The van der Waals surface area contributed by atoms with E-state index in [1.807, 2.05) is 18.2 Å². The molecule has 1 aliphatic rings. The van der Waals surface area contributed by atoms with Crippen LogP contribution in [-0.2, 0) is 16.0 Å². The van der Waals surface area contributed by atoms with Gasteiger partial charge in [-0.25, -0.2) is 4.79 Å². The number of rotatable bonds is 2.